The van der Waals surface area contributed by atoms with Gasteiger partial charge in [0.15, 0.2) is 0 Å². The number of anilines is 1. The third-order valence-electron chi connectivity index (χ3n) is 6.20. The Balaban J connectivity index is 2.23. The van der Waals surface area contributed by atoms with E-state index in [9.17, 15) is 27.3 Å². The summed E-state index contributed by atoms with van der Waals surface area (Å²) in [6.07, 6.45) is 7.91. The summed E-state index contributed by atoms with van der Waals surface area (Å²) in [6.45, 7) is 3.52. The molecule has 2 atom stereocenters. The molecule has 2 N–H and O–H groups in total. The average molecular weight is 531 g/mol. The quantitative estimate of drug-likeness (QED) is 0.198. The molecule has 2 unspecified atom stereocenters. The summed E-state index contributed by atoms with van der Waals surface area (Å²) in [7, 11) is -0.687. The fraction of sp³-hybridized carbons (Fsp3) is 0.704. The molecule has 36 heavy (non-hydrogen) atoms. The summed E-state index contributed by atoms with van der Waals surface area (Å²) in [5.74, 6) is 0.843. The van der Waals surface area contributed by atoms with Gasteiger partial charge >= 0.3 is 6.18 Å². The molecule has 1 aromatic carbocycles. The van der Waals surface area contributed by atoms with E-state index in [1.807, 2.05) is 0 Å². The molecule has 1 aromatic rings. The molecule has 1 rings (SSSR count). The van der Waals surface area contributed by atoms with E-state index in [-0.39, 0.29) is 12.1 Å². The minimum atomic E-state index is -4.72. The lowest BCUT2D eigenvalue weighted by atomic mass is 9.96. The van der Waals surface area contributed by atoms with Gasteiger partial charge < -0.3 is 10.4 Å². The smallest absolute Gasteiger partial charge is 0.380 e. The van der Waals surface area contributed by atoms with Crippen LogP contribution in [0.2, 0.25) is 0 Å². The van der Waals surface area contributed by atoms with Gasteiger partial charge in [0, 0.05) is 28.0 Å². The van der Waals surface area contributed by atoms with Crippen molar-refractivity contribution in [3.05, 3.63) is 29.3 Å². The van der Waals surface area contributed by atoms with Crippen molar-refractivity contribution in [2.75, 3.05) is 16.8 Å². The number of nitriles is 1. The van der Waals surface area contributed by atoms with Gasteiger partial charge in [-0.25, -0.2) is 0 Å². The van der Waals surface area contributed by atoms with Crippen molar-refractivity contribution in [3.8, 4) is 6.07 Å². The molecule has 1 amide bonds. The van der Waals surface area contributed by atoms with Crippen molar-refractivity contribution in [1.82, 2.24) is 0 Å². The Bertz CT molecular complexity index is 867. The number of unbranched alkanes of at least 4 members (excludes halogenated alkanes) is 10. The third-order valence-corrected chi connectivity index (χ3v) is 7.69. The predicted octanol–water partition coefficient (Wildman–Crippen LogP) is 7.11. The number of aliphatic hydroxyl groups is 1. The second kappa shape index (κ2) is 16.8. The summed E-state index contributed by atoms with van der Waals surface area (Å²) in [5, 5.41) is 21.7. The van der Waals surface area contributed by atoms with Gasteiger partial charge in [-0.15, -0.1) is 0 Å². The van der Waals surface area contributed by atoms with Crippen LogP contribution in [0.4, 0.5) is 18.9 Å². The first-order valence-electron chi connectivity index (χ1n) is 13.0. The first-order valence-corrected chi connectivity index (χ1v) is 14.5. The Morgan fingerprint density at radius 2 is 1.50 bits per heavy atom. The second-order valence-electron chi connectivity index (χ2n) is 9.59. The molecule has 5 nitrogen and oxygen atoms in total. The van der Waals surface area contributed by atoms with Gasteiger partial charge in [0.2, 0.25) is 0 Å². The Hall–Kier alpha value is -1.92. The van der Waals surface area contributed by atoms with Crippen LogP contribution in [0.3, 0.4) is 0 Å². The van der Waals surface area contributed by atoms with Crippen molar-refractivity contribution in [1.29, 1.82) is 5.26 Å². The summed E-state index contributed by atoms with van der Waals surface area (Å²) < 4.78 is 51.3. The van der Waals surface area contributed by atoms with Crippen LogP contribution in [0, 0.1) is 11.3 Å². The second-order valence-corrected chi connectivity index (χ2v) is 11.3. The Morgan fingerprint density at radius 3 is 2.03 bits per heavy atom. The van der Waals surface area contributed by atoms with Gasteiger partial charge in [-0.1, -0.05) is 71.1 Å². The fourth-order valence-corrected chi connectivity index (χ4v) is 5.17. The van der Waals surface area contributed by atoms with Crippen LogP contribution in [0.15, 0.2) is 18.2 Å². The van der Waals surface area contributed by atoms with E-state index in [1.165, 1.54) is 38.3 Å². The van der Waals surface area contributed by atoms with Crippen LogP contribution in [-0.2, 0) is 21.8 Å². The molecule has 9 heteroatoms. The van der Waals surface area contributed by atoms with Crippen molar-refractivity contribution in [3.63, 3.8) is 0 Å². The maximum absolute atomic E-state index is 13.1. The largest absolute Gasteiger partial charge is 0.417 e. The molecule has 0 fully saturated rings. The van der Waals surface area contributed by atoms with Crippen molar-refractivity contribution < 1.29 is 27.3 Å². The Labute approximate surface area is 216 Å². The standard InChI is InChI=1S/C27H41F3N2O3S/c1-3-4-5-13-18-36(35)19-14-11-9-7-6-8-10-12-17-26(2,34)25(33)32-23-16-15-22(21-31)24(20-23)27(28,29)30/h15-16,20,34H,3-14,17-19H2,1-2H3,(H,32,33). The molecule has 0 saturated carbocycles. The minimum absolute atomic E-state index is 0.119. The molecule has 0 heterocycles. The monoisotopic (exact) mass is 530 g/mol. The van der Waals surface area contributed by atoms with E-state index in [4.69, 9.17) is 5.26 Å². The average Bonchev–Trinajstić information content (AvgIpc) is 2.82. The third kappa shape index (κ3) is 12.9. The molecule has 0 radical (unpaired) electrons. The highest BCUT2D eigenvalue weighted by atomic mass is 32.2. The molecule has 0 bridgehead atoms. The lowest BCUT2D eigenvalue weighted by Gasteiger charge is -2.22. The molecular formula is C27H41F3N2O3S. The van der Waals surface area contributed by atoms with Gasteiger partial charge in [-0.2, -0.15) is 18.4 Å². The molecule has 0 saturated heterocycles. The Morgan fingerprint density at radius 1 is 0.972 bits per heavy atom. The fourth-order valence-electron chi connectivity index (χ4n) is 3.92. The molecule has 0 aliphatic heterocycles. The van der Waals surface area contributed by atoms with Crippen LogP contribution in [-0.4, -0.2) is 32.3 Å². The summed E-state index contributed by atoms with van der Waals surface area (Å²) >= 11 is 0. The van der Waals surface area contributed by atoms with Crippen LogP contribution in [0.25, 0.3) is 0 Å². The number of nitrogens with zero attached hydrogens (tertiary/aromatic N) is 1. The number of carbonyl (C=O) groups excluding carboxylic acids is 1. The van der Waals surface area contributed by atoms with Crippen LogP contribution in [0.5, 0.6) is 0 Å². The van der Waals surface area contributed by atoms with Crippen LogP contribution < -0.4 is 5.32 Å². The maximum atomic E-state index is 13.1. The highest BCUT2D eigenvalue weighted by molar-refractivity contribution is 7.84. The normalized spacial score (nSPS) is 14.1. The number of halogens is 3. The number of nitrogens with one attached hydrogen (secondary N) is 1. The van der Waals surface area contributed by atoms with Gasteiger partial charge in [-0.05, 0) is 44.4 Å². The predicted molar refractivity (Wildman–Crippen MR) is 139 cm³/mol. The van der Waals surface area contributed by atoms with E-state index >= 15 is 0 Å². The van der Waals surface area contributed by atoms with Crippen molar-refractivity contribution in [2.24, 2.45) is 0 Å². The lowest BCUT2D eigenvalue weighted by Crippen LogP contribution is -2.40. The SMILES string of the molecule is CCCCCCS(=O)CCCCCCCCCCC(C)(O)C(=O)Nc1ccc(C#N)c(C(F)(F)F)c1. The Kier molecular flexibility index (Phi) is 14.9. The zero-order valence-corrected chi connectivity index (χ0v) is 22.4. The minimum Gasteiger partial charge on any atom is -0.380 e. The van der Waals surface area contributed by atoms with Crippen LogP contribution in [0.1, 0.15) is 108 Å². The molecule has 0 aromatic heterocycles. The molecular weight excluding hydrogens is 489 g/mol. The summed E-state index contributed by atoms with van der Waals surface area (Å²) in [5.41, 5.74) is -3.48. The van der Waals surface area contributed by atoms with Crippen molar-refractivity contribution >= 4 is 22.4 Å². The number of amides is 1. The molecule has 0 aliphatic rings. The molecule has 204 valence electrons. The highest BCUT2D eigenvalue weighted by Crippen LogP contribution is 2.33. The number of benzene rings is 1. The van der Waals surface area contributed by atoms with Gasteiger partial charge in [0.25, 0.3) is 5.91 Å². The topological polar surface area (TPSA) is 90.2 Å². The zero-order valence-electron chi connectivity index (χ0n) is 21.6. The van der Waals surface area contributed by atoms with E-state index in [0.29, 0.717) is 12.5 Å². The van der Waals surface area contributed by atoms with Crippen LogP contribution >= 0.6 is 0 Å². The number of alkyl halides is 3. The van der Waals surface area contributed by atoms with Gasteiger partial charge in [0.05, 0.1) is 17.2 Å². The van der Waals surface area contributed by atoms with Gasteiger partial charge in [0.1, 0.15) is 5.60 Å². The highest BCUT2D eigenvalue weighted by Gasteiger charge is 2.35. The molecule has 0 spiro atoms. The van der Waals surface area contributed by atoms with E-state index in [0.717, 1.165) is 68.9 Å². The first-order chi connectivity index (χ1) is 17.0. The van der Waals surface area contributed by atoms with E-state index in [1.54, 1.807) is 0 Å². The van der Waals surface area contributed by atoms with E-state index < -0.39 is 39.6 Å². The van der Waals surface area contributed by atoms with Gasteiger partial charge in [-0.3, -0.25) is 9.00 Å². The van der Waals surface area contributed by atoms with Crippen molar-refractivity contribution in [2.45, 2.75) is 109 Å². The number of hydrogen-bond donors (Lipinski definition) is 2. The maximum Gasteiger partial charge on any atom is 0.417 e. The number of carbonyl (C=O) groups is 1. The zero-order chi connectivity index (χ0) is 27.0. The number of rotatable bonds is 18. The molecule has 0 aliphatic carbocycles. The summed E-state index contributed by atoms with van der Waals surface area (Å²) in [4.78, 5) is 12.4. The number of hydrogen-bond acceptors (Lipinski definition) is 4. The first kappa shape index (κ1) is 32.1. The lowest BCUT2D eigenvalue weighted by molar-refractivity contribution is -0.138. The summed E-state index contributed by atoms with van der Waals surface area (Å²) in [6, 6.07) is 4.41. The van der Waals surface area contributed by atoms with E-state index in [2.05, 4.69) is 12.2 Å².